The highest BCUT2D eigenvalue weighted by Gasteiger charge is 2.13. The van der Waals surface area contributed by atoms with Gasteiger partial charge in [0.2, 0.25) is 4.96 Å². The minimum atomic E-state index is -0.348. The fraction of sp³-hybridized carbons (Fsp3) is 0.0952. The molecule has 0 fully saturated rings. The molecule has 0 aliphatic carbocycles. The predicted octanol–water partition coefficient (Wildman–Crippen LogP) is 4.78. The predicted molar refractivity (Wildman–Crippen MR) is 119 cm³/mol. The molecule has 2 aromatic carbocycles. The lowest BCUT2D eigenvalue weighted by Gasteiger charge is -2.07. The molecule has 4 aromatic rings. The summed E-state index contributed by atoms with van der Waals surface area (Å²) in [5, 5.41) is 9.71. The lowest BCUT2D eigenvalue weighted by molar-refractivity contribution is -0.111. The maximum Gasteiger partial charge on any atom is 0.250 e. The lowest BCUT2D eigenvalue weighted by atomic mass is 10.1. The third-order valence-corrected chi connectivity index (χ3v) is 5.38. The van der Waals surface area contributed by atoms with Crippen LogP contribution < -0.4 is 14.8 Å². The molecule has 0 radical (unpaired) electrons. The number of halogens is 1. The molecule has 2 aromatic heterocycles. The summed E-state index contributed by atoms with van der Waals surface area (Å²) in [5.74, 6) is 1.16. The van der Waals surface area contributed by atoms with Crippen LogP contribution in [0.25, 0.3) is 22.3 Å². The van der Waals surface area contributed by atoms with E-state index in [0.29, 0.717) is 21.5 Å². The average Bonchev–Trinajstić information content (AvgIpc) is 3.33. The van der Waals surface area contributed by atoms with Gasteiger partial charge in [-0.05, 0) is 30.3 Å². The Labute approximate surface area is 181 Å². The van der Waals surface area contributed by atoms with E-state index in [0.717, 1.165) is 16.8 Å². The second-order valence-corrected chi connectivity index (χ2v) is 7.46. The molecule has 1 amide bonds. The lowest BCUT2D eigenvalue weighted by Crippen LogP contribution is -2.09. The molecule has 9 heteroatoms. The first-order valence-electron chi connectivity index (χ1n) is 8.88. The summed E-state index contributed by atoms with van der Waals surface area (Å²) in [7, 11) is 3.14. The molecule has 0 aliphatic heterocycles. The summed E-state index contributed by atoms with van der Waals surface area (Å²) in [5.41, 5.74) is 2.58. The van der Waals surface area contributed by atoms with Crippen LogP contribution in [0.4, 0.5) is 5.95 Å². The van der Waals surface area contributed by atoms with E-state index in [1.807, 2.05) is 35.7 Å². The minimum absolute atomic E-state index is 0.230. The molecule has 1 N–H and O–H groups in total. The Morgan fingerprint density at radius 1 is 1.17 bits per heavy atom. The van der Waals surface area contributed by atoms with Crippen LogP contribution in [0.15, 0.2) is 53.9 Å². The number of fused-ring (bicyclic) bond motifs is 1. The van der Waals surface area contributed by atoms with Crippen LogP contribution in [0.2, 0.25) is 5.02 Å². The van der Waals surface area contributed by atoms with Gasteiger partial charge in [0, 0.05) is 33.7 Å². The maximum absolute atomic E-state index is 12.3. The Kier molecular flexibility index (Phi) is 5.69. The van der Waals surface area contributed by atoms with Gasteiger partial charge in [-0.1, -0.05) is 23.7 Å². The Bertz CT molecular complexity index is 1230. The topological polar surface area (TPSA) is 77.8 Å². The number of carbonyl (C=O) groups excluding carboxylic acids is 1. The van der Waals surface area contributed by atoms with Crippen molar-refractivity contribution in [3.05, 3.63) is 64.5 Å². The summed E-state index contributed by atoms with van der Waals surface area (Å²) in [6.45, 7) is 0. The van der Waals surface area contributed by atoms with E-state index in [4.69, 9.17) is 21.1 Å². The molecule has 7 nitrogen and oxygen atoms in total. The van der Waals surface area contributed by atoms with Gasteiger partial charge < -0.3 is 9.47 Å². The molecule has 0 aliphatic rings. The molecule has 0 bridgehead atoms. The zero-order valence-electron chi connectivity index (χ0n) is 16.1. The van der Waals surface area contributed by atoms with Crippen molar-refractivity contribution < 1.29 is 14.3 Å². The molecular formula is C21H17ClN4O3S. The summed E-state index contributed by atoms with van der Waals surface area (Å²) in [6, 6.07) is 12.8. The Morgan fingerprint density at radius 3 is 2.70 bits per heavy atom. The monoisotopic (exact) mass is 440 g/mol. The van der Waals surface area contributed by atoms with Crippen LogP contribution in [0, 0.1) is 0 Å². The summed E-state index contributed by atoms with van der Waals surface area (Å²) < 4.78 is 12.2. The number of ether oxygens (including phenoxy) is 2. The largest absolute Gasteiger partial charge is 0.497 e. The summed E-state index contributed by atoms with van der Waals surface area (Å²) in [4.78, 5) is 17.4. The van der Waals surface area contributed by atoms with Gasteiger partial charge in [0.05, 0.1) is 19.9 Å². The molecule has 0 atom stereocenters. The Morgan fingerprint density at radius 2 is 1.97 bits per heavy atom. The number of methoxy groups -OCH3 is 2. The van der Waals surface area contributed by atoms with Crippen LogP contribution in [-0.4, -0.2) is 34.7 Å². The first-order valence-corrected chi connectivity index (χ1v) is 10.1. The van der Waals surface area contributed by atoms with E-state index >= 15 is 0 Å². The third-order valence-electron chi connectivity index (χ3n) is 4.31. The molecule has 30 heavy (non-hydrogen) atoms. The van der Waals surface area contributed by atoms with Crippen molar-refractivity contribution in [2.45, 2.75) is 0 Å². The average molecular weight is 441 g/mol. The number of rotatable bonds is 6. The van der Waals surface area contributed by atoms with Crippen molar-refractivity contribution in [2.24, 2.45) is 0 Å². The Balaban J connectivity index is 1.51. The van der Waals surface area contributed by atoms with E-state index in [1.54, 1.807) is 36.9 Å². The quantitative estimate of drug-likeness (QED) is 0.436. The summed E-state index contributed by atoms with van der Waals surface area (Å²) in [6.07, 6.45) is 3.06. The van der Waals surface area contributed by atoms with Gasteiger partial charge in [-0.2, -0.15) is 4.98 Å². The van der Waals surface area contributed by atoms with Gasteiger partial charge in [0.15, 0.2) is 0 Å². The van der Waals surface area contributed by atoms with E-state index < -0.39 is 0 Å². The second kappa shape index (κ2) is 8.56. The standard InChI is InChI=1S/C21H17ClN4O3S/c1-28-16-9-5-14(18(11-16)29-2)6-10-19(27)23-20-24-21-26(25-20)17(12-30-21)13-3-7-15(22)8-4-13/h3-12H,1-2H3,(H,23,25,27)/b10-6+. The van der Waals surface area contributed by atoms with Gasteiger partial charge >= 0.3 is 0 Å². The molecule has 0 saturated heterocycles. The number of hydrogen-bond acceptors (Lipinski definition) is 6. The fourth-order valence-electron chi connectivity index (χ4n) is 2.83. The van der Waals surface area contributed by atoms with Gasteiger partial charge in [0.25, 0.3) is 11.9 Å². The second-order valence-electron chi connectivity index (χ2n) is 6.19. The highest BCUT2D eigenvalue weighted by Crippen LogP contribution is 2.27. The van der Waals surface area contributed by atoms with Gasteiger partial charge in [-0.25, -0.2) is 4.52 Å². The van der Waals surface area contributed by atoms with E-state index in [-0.39, 0.29) is 11.9 Å². The zero-order valence-corrected chi connectivity index (χ0v) is 17.7. The number of carbonyl (C=O) groups is 1. The van der Waals surface area contributed by atoms with Crippen LogP contribution in [-0.2, 0) is 4.79 Å². The van der Waals surface area contributed by atoms with Crippen molar-refractivity contribution in [3.8, 4) is 22.8 Å². The van der Waals surface area contributed by atoms with Gasteiger partial charge in [-0.3, -0.25) is 10.1 Å². The van der Waals surface area contributed by atoms with E-state index in [1.165, 1.54) is 17.4 Å². The minimum Gasteiger partial charge on any atom is -0.497 e. The number of anilines is 1. The number of aromatic nitrogens is 3. The first-order chi connectivity index (χ1) is 14.6. The van der Waals surface area contributed by atoms with Crippen molar-refractivity contribution in [1.82, 2.24) is 14.6 Å². The molecule has 2 heterocycles. The van der Waals surface area contributed by atoms with Crippen molar-refractivity contribution in [2.75, 3.05) is 19.5 Å². The number of benzene rings is 2. The van der Waals surface area contributed by atoms with Crippen molar-refractivity contribution in [1.29, 1.82) is 0 Å². The Hall–Kier alpha value is -3.36. The molecule has 0 spiro atoms. The fourth-order valence-corrected chi connectivity index (χ4v) is 3.78. The first kappa shape index (κ1) is 19.9. The molecule has 0 unspecified atom stereocenters. The van der Waals surface area contributed by atoms with Crippen LogP contribution >= 0.6 is 22.9 Å². The number of amides is 1. The summed E-state index contributed by atoms with van der Waals surface area (Å²) >= 11 is 7.40. The number of nitrogens with zero attached hydrogens (tertiary/aromatic N) is 3. The molecule has 0 saturated carbocycles. The molecule has 152 valence electrons. The van der Waals surface area contributed by atoms with Crippen LogP contribution in [0.1, 0.15) is 5.56 Å². The van der Waals surface area contributed by atoms with Crippen molar-refractivity contribution in [3.63, 3.8) is 0 Å². The SMILES string of the molecule is COc1ccc(/C=C/C(=O)Nc2nc3scc(-c4ccc(Cl)cc4)n3n2)c(OC)c1. The maximum atomic E-state index is 12.3. The van der Waals surface area contributed by atoms with Gasteiger partial charge in [-0.15, -0.1) is 16.4 Å². The van der Waals surface area contributed by atoms with Crippen LogP contribution in [0.5, 0.6) is 11.5 Å². The number of thiazole rings is 1. The normalized spacial score (nSPS) is 11.2. The third kappa shape index (κ3) is 4.14. The van der Waals surface area contributed by atoms with Crippen LogP contribution in [0.3, 0.4) is 0 Å². The molecular weight excluding hydrogens is 424 g/mol. The van der Waals surface area contributed by atoms with Crippen molar-refractivity contribution >= 4 is 45.8 Å². The smallest absolute Gasteiger partial charge is 0.250 e. The highest BCUT2D eigenvalue weighted by atomic mass is 35.5. The zero-order chi connectivity index (χ0) is 21.1. The number of hydrogen-bond donors (Lipinski definition) is 1. The van der Waals surface area contributed by atoms with Gasteiger partial charge in [0.1, 0.15) is 11.5 Å². The van der Waals surface area contributed by atoms with E-state index in [9.17, 15) is 4.79 Å². The molecule has 4 rings (SSSR count). The van der Waals surface area contributed by atoms with E-state index in [2.05, 4.69) is 15.4 Å². The highest BCUT2D eigenvalue weighted by molar-refractivity contribution is 7.15. The number of nitrogens with one attached hydrogen (secondary N) is 1.